The molecule has 1 N–H and O–H groups in total. The van der Waals surface area contributed by atoms with Gasteiger partial charge < -0.3 is 9.88 Å². The van der Waals surface area contributed by atoms with Gasteiger partial charge in [0.1, 0.15) is 0 Å². The van der Waals surface area contributed by atoms with E-state index in [9.17, 15) is 8.42 Å². The average molecular weight is 303 g/mol. The number of hydrogen-bond donors (Lipinski definition) is 1. The lowest BCUT2D eigenvalue weighted by atomic mass is 10.1. The van der Waals surface area contributed by atoms with Gasteiger partial charge in [-0.2, -0.15) is 5.26 Å². The minimum absolute atomic E-state index is 0.0755. The fourth-order valence-corrected chi connectivity index (χ4v) is 4.57. The van der Waals surface area contributed by atoms with Crippen molar-refractivity contribution in [3.05, 3.63) is 36.0 Å². The van der Waals surface area contributed by atoms with Gasteiger partial charge in [0.2, 0.25) is 0 Å². The first-order valence-electron chi connectivity index (χ1n) is 7.01. The van der Waals surface area contributed by atoms with Crippen LogP contribution in [-0.4, -0.2) is 37.1 Å². The predicted octanol–water partition coefficient (Wildman–Crippen LogP) is 1.29. The smallest absolute Gasteiger partial charge is 0.151 e. The molecule has 3 rings (SSSR count). The molecule has 1 fully saturated rings. The second-order valence-electron chi connectivity index (χ2n) is 5.41. The van der Waals surface area contributed by atoms with Crippen molar-refractivity contribution < 1.29 is 8.42 Å². The Morgan fingerprint density at radius 3 is 2.95 bits per heavy atom. The molecule has 0 radical (unpaired) electrons. The molecule has 0 saturated carbocycles. The Hall–Kier alpha value is -1.84. The molecule has 0 amide bonds. The molecule has 1 unspecified atom stereocenters. The van der Waals surface area contributed by atoms with Crippen LogP contribution < -0.4 is 5.32 Å². The maximum Gasteiger partial charge on any atom is 0.151 e. The highest BCUT2D eigenvalue weighted by Crippen LogP contribution is 2.19. The van der Waals surface area contributed by atoms with Gasteiger partial charge in [-0.3, -0.25) is 0 Å². The molecule has 0 spiro atoms. The summed E-state index contributed by atoms with van der Waals surface area (Å²) in [5, 5.41) is 13.4. The number of nitriles is 1. The Kier molecular flexibility index (Phi) is 3.70. The van der Waals surface area contributed by atoms with Gasteiger partial charge in [0.15, 0.2) is 9.84 Å². The molecule has 6 heteroatoms. The normalized spacial score (nSPS) is 20.6. The van der Waals surface area contributed by atoms with E-state index in [1.54, 1.807) is 0 Å². The van der Waals surface area contributed by atoms with Crippen LogP contribution in [0, 0.1) is 11.3 Å². The van der Waals surface area contributed by atoms with Gasteiger partial charge in [0.05, 0.1) is 23.1 Å². The molecule has 2 aromatic rings. The van der Waals surface area contributed by atoms with E-state index in [0.717, 1.165) is 24.0 Å². The van der Waals surface area contributed by atoms with Crippen molar-refractivity contribution in [2.75, 3.05) is 18.1 Å². The summed E-state index contributed by atoms with van der Waals surface area (Å²) >= 11 is 0. The third-order valence-electron chi connectivity index (χ3n) is 3.95. The van der Waals surface area contributed by atoms with Gasteiger partial charge >= 0.3 is 0 Å². The highest BCUT2D eigenvalue weighted by Gasteiger charge is 2.27. The van der Waals surface area contributed by atoms with Crippen molar-refractivity contribution in [2.24, 2.45) is 0 Å². The summed E-state index contributed by atoms with van der Waals surface area (Å²) in [6.07, 6.45) is 2.67. The summed E-state index contributed by atoms with van der Waals surface area (Å²) in [6.45, 7) is 1.48. The summed E-state index contributed by atoms with van der Waals surface area (Å²) < 4.78 is 24.9. The van der Waals surface area contributed by atoms with Crippen LogP contribution in [0.3, 0.4) is 0 Å². The molecule has 1 aromatic carbocycles. The molecular formula is C15H17N3O2S. The molecule has 5 nitrogen and oxygen atoms in total. The lowest BCUT2D eigenvalue weighted by molar-refractivity contribution is 0.525. The molecule has 1 aliphatic rings. The number of benzene rings is 1. The number of hydrogen-bond acceptors (Lipinski definition) is 4. The van der Waals surface area contributed by atoms with Crippen LogP contribution in [0.15, 0.2) is 30.5 Å². The minimum atomic E-state index is -2.83. The number of aromatic nitrogens is 1. The lowest BCUT2D eigenvalue weighted by Crippen LogP contribution is -2.32. The quantitative estimate of drug-likeness (QED) is 0.923. The van der Waals surface area contributed by atoms with E-state index in [1.165, 1.54) is 0 Å². The van der Waals surface area contributed by atoms with E-state index in [4.69, 9.17) is 5.26 Å². The number of sulfone groups is 1. The second kappa shape index (κ2) is 5.51. The monoisotopic (exact) mass is 303 g/mol. The molecule has 110 valence electrons. The van der Waals surface area contributed by atoms with Crippen LogP contribution in [0.4, 0.5) is 0 Å². The Balaban J connectivity index is 1.65. The van der Waals surface area contributed by atoms with Crippen LogP contribution in [-0.2, 0) is 16.4 Å². The Morgan fingerprint density at radius 2 is 2.24 bits per heavy atom. The zero-order valence-electron chi connectivity index (χ0n) is 11.6. The molecule has 21 heavy (non-hydrogen) atoms. The summed E-state index contributed by atoms with van der Waals surface area (Å²) in [5.41, 5.74) is 1.72. The molecule has 2 heterocycles. The van der Waals surface area contributed by atoms with Crippen LogP contribution >= 0.6 is 0 Å². The van der Waals surface area contributed by atoms with Gasteiger partial charge in [0.25, 0.3) is 0 Å². The Morgan fingerprint density at radius 1 is 1.38 bits per heavy atom. The zero-order chi connectivity index (χ0) is 14.9. The summed E-state index contributed by atoms with van der Waals surface area (Å²) in [7, 11) is -2.83. The van der Waals surface area contributed by atoms with Crippen molar-refractivity contribution in [3.63, 3.8) is 0 Å². The summed E-state index contributed by atoms with van der Waals surface area (Å²) in [4.78, 5) is 0. The molecule has 1 aromatic heterocycles. The molecular weight excluding hydrogens is 286 g/mol. The number of nitrogens with zero attached hydrogens (tertiary/aromatic N) is 2. The first kappa shape index (κ1) is 14.1. The SMILES string of the molecule is N#Cc1cccc2c1ccn2CCNC1CCS(=O)(=O)C1. The third-order valence-corrected chi connectivity index (χ3v) is 5.72. The number of nitrogens with one attached hydrogen (secondary N) is 1. The predicted molar refractivity (Wildman–Crippen MR) is 81.7 cm³/mol. The van der Waals surface area contributed by atoms with Crippen molar-refractivity contribution in [1.82, 2.24) is 9.88 Å². The fraction of sp³-hybridized carbons (Fsp3) is 0.400. The van der Waals surface area contributed by atoms with Crippen molar-refractivity contribution >= 4 is 20.7 Å². The molecule has 1 aliphatic heterocycles. The second-order valence-corrected chi connectivity index (χ2v) is 7.64. The van der Waals surface area contributed by atoms with Crippen LogP contribution in [0.25, 0.3) is 10.9 Å². The molecule has 1 atom stereocenters. The van der Waals surface area contributed by atoms with Gasteiger partial charge in [-0.25, -0.2) is 8.42 Å². The van der Waals surface area contributed by atoms with Crippen molar-refractivity contribution in [1.29, 1.82) is 5.26 Å². The van der Waals surface area contributed by atoms with E-state index >= 15 is 0 Å². The first-order chi connectivity index (χ1) is 10.1. The maximum absolute atomic E-state index is 11.4. The average Bonchev–Trinajstić information content (AvgIpc) is 3.02. The van der Waals surface area contributed by atoms with Gasteiger partial charge in [-0.1, -0.05) is 6.07 Å². The summed E-state index contributed by atoms with van der Waals surface area (Å²) in [6, 6.07) is 9.92. The van der Waals surface area contributed by atoms with Gasteiger partial charge in [0, 0.05) is 36.2 Å². The van der Waals surface area contributed by atoms with Crippen molar-refractivity contribution in [2.45, 2.75) is 19.0 Å². The fourth-order valence-electron chi connectivity index (χ4n) is 2.86. The van der Waals surface area contributed by atoms with E-state index in [-0.39, 0.29) is 11.8 Å². The van der Waals surface area contributed by atoms with E-state index < -0.39 is 9.84 Å². The first-order valence-corrected chi connectivity index (χ1v) is 8.83. The van der Waals surface area contributed by atoms with Gasteiger partial charge in [-0.05, 0) is 24.6 Å². The third kappa shape index (κ3) is 2.94. The van der Waals surface area contributed by atoms with Crippen molar-refractivity contribution in [3.8, 4) is 6.07 Å². The molecule has 1 saturated heterocycles. The van der Waals surface area contributed by atoms with Crippen LogP contribution in [0.2, 0.25) is 0 Å². The van der Waals surface area contributed by atoms with E-state index in [1.807, 2.05) is 30.5 Å². The largest absolute Gasteiger partial charge is 0.346 e. The summed E-state index contributed by atoms with van der Waals surface area (Å²) in [5.74, 6) is 0.542. The standard InChI is InChI=1S/C15H17N3O2S/c16-10-12-2-1-3-15-14(12)4-7-18(15)8-6-17-13-5-9-21(19,20)11-13/h1-4,7,13,17H,5-6,8-9,11H2. The number of fused-ring (bicyclic) bond motifs is 1. The zero-order valence-corrected chi connectivity index (χ0v) is 12.4. The van der Waals surface area contributed by atoms with Gasteiger partial charge in [-0.15, -0.1) is 0 Å². The Bertz CT molecular complexity index is 802. The van der Waals surface area contributed by atoms with Crippen LogP contribution in [0.5, 0.6) is 0 Å². The molecule has 0 aliphatic carbocycles. The lowest BCUT2D eigenvalue weighted by Gasteiger charge is -2.11. The van der Waals surface area contributed by atoms with E-state index in [2.05, 4.69) is 16.0 Å². The highest BCUT2D eigenvalue weighted by atomic mass is 32.2. The molecule has 0 bridgehead atoms. The van der Waals surface area contributed by atoms with Crippen LogP contribution in [0.1, 0.15) is 12.0 Å². The Labute approximate surface area is 124 Å². The number of rotatable bonds is 4. The topological polar surface area (TPSA) is 74.9 Å². The maximum atomic E-state index is 11.4. The highest BCUT2D eigenvalue weighted by molar-refractivity contribution is 7.91. The minimum Gasteiger partial charge on any atom is -0.346 e. The van der Waals surface area contributed by atoms with E-state index in [0.29, 0.717) is 17.7 Å².